The number of aliphatic carboxylic acids is 1. The minimum absolute atomic E-state index is 0.0763. The lowest BCUT2D eigenvalue weighted by atomic mass is 10.2. The maximum Gasteiger partial charge on any atom is 0.305 e. The van der Waals surface area contributed by atoms with E-state index in [4.69, 9.17) is 9.84 Å². The molecule has 0 aliphatic heterocycles. The number of rotatable bonds is 7. The van der Waals surface area contributed by atoms with Crippen LogP contribution >= 0.6 is 0 Å². The Morgan fingerprint density at radius 2 is 2.33 bits per heavy atom. The first kappa shape index (κ1) is 11.7. The quantitative estimate of drug-likeness (QED) is 0.691. The second-order valence-corrected chi connectivity index (χ2v) is 3.22. The molecule has 0 aliphatic carbocycles. The zero-order valence-corrected chi connectivity index (χ0v) is 8.56. The first-order valence-corrected chi connectivity index (χ1v) is 4.97. The van der Waals surface area contributed by atoms with Gasteiger partial charge >= 0.3 is 5.97 Å². The van der Waals surface area contributed by atoms with E-state index in [9.17, 15) is 4.79 Å². The topological polar surface area (TPSA) is 59.4 Å². The van der Waals surface area contributed by atoms with Crippen LogP contribution < -0.4 is 0 Å². The van der Waals surface area contributed by atoms with Crippen LogP contribution in [0.25, 0.3) is 0 Å². The van der Waals surface area contributed by atoms with Gasteiger partial charge in [-0.15, -0.1) is 0 Å². The molecular formula is C11H15NO3. The number of carboxylic acid groups (broad SMARTS) is 1. The van der Waals surface area contributed by atoms with Crippen molar-refractivity contribution in [2.45, 2.75) is 19.3 Å². The highest BCUT2D eigenvalue weighted by atomic mass is 16.5. The SMILES string of the molecule is O=C(O)CCOCCCc1cccnc1. The van der Waals surface area contributed by atoms with Crippen LogP contribution in [0.15, 0.2) is 24.5 Å². The fraction of sp³-hybridized carbons (Fsp3) is 0.455. The zero-order chi connectivity index (χ0) is 10.9. The minimum atomic E-state index is -0.817. The number of ether oxygens (including phenoxy) is 1. The molecule has 1 aromatic rings. The molecule has 0 aromatic carbocycles. The summed E-state index contributed by atoms with van der Waals surface area (Å²) in [6.45, 7) is 0.893. The van der Waals surface area contributed by atoms with Gasteiger partial charge in [0.25, 0.3) is 0 Å². The van der Waals surface area contributed by atoms with Crippen LogP contribution in [-0.4, -0.2) is 29.3 Å². The van der Waals surface area contributed by atoms with Gasteiger partial charge in [0.15, 0.2) is 0 Å². The van der Waals surface area contributed by atoms with Crippen molar-refractivity contribution >= 4 is 5.97 Å². The molecule has 0 unspecified atom stereocenters. The highest BCUT2D eigenvalue weighted by Crippen LogP contribution is 2.00. The molecule has 1 aromatic heterocycles. The molecule has 1 heterocycles. The van der Waals surface area contributed by atoms with Crippen molar-refractivity contribution < 1.29 is 14.6 Å². The zero-order valence-electron chi connectivity index (χ0n) is 8.56. The van der Waals surface area contributed by atoms with Crippen LogP contribution in [0.4, 0.5) is 0 Å². The van der Waals surface area contributed by atoms with Crippen molar-refractivity contribution in [3.05, 3.63) is 30.1 Å². The van der Waals surface area contributed by atoms with Crippen molar-refractivity contribution in [3.63, 3.8) is 0 Å². The molecule has 0 radical (unpaired) electrons. The van der Waals surface area contributed by atoms with E-state index in [1.54, 1.807) is 6.20 Å². The van der Waals surface area contributed by atoms with Gasteiger partial charge in [0, 0.05) is 19.0 Å². The van der Waals surface area contributed by atoms with Gasteiger partial charge in [-0.25, -0.2) is 0 Å². The molecule has 15 heavy (non-hydrogen) atoms. The average Bonchev–Trinajstić information content (AvgIpc) is 2.24. The van der Waals surface area contributed by atoms with Crippen LogP contribution in [0, 0.1) is 0 Å². The van der Waals surface area contributed by atoms with E-state index in [1.807, 2.05) is 18.3 Å². The van der Waals surface area contributed by atoms with Gasteiger partial charge in [-0.2, -0.15) is 0 Å². The van der Waals surface area contributed by atoms with Crippen LogP contribution in [0.5, 0.6) is 0 Å². The Morgan fingerprint density at radius 3 is 3.00 bits per heavy atom. The highest BCUT2D eigenvalue weighted by Gasteiger charge is 1.96. The predicted octanol–water partition coefficient (Wildman–Crippen LogP) is 1.51. The number of pyridine rings is 1. The largest absolute Gasteiger partial charge is 0.481 e. The second kappa shape index (κ2) is 6.95. The van der Waals surface area contributed by atoms with E-state index in [0.29, 0.717) is 13.2 Å². The van der Waals surface area contributed by atoms with Gasteiger partial charge in [0.1, 0.15) is 0 Å². The third-order valence-electron chi connectivity index (χ3n) is 1.94. The van der Waals surface area contributed by atoms with Crippen molar-refractivity contribution in [2.24, 2.45) is 0 Å². The minimum Gasteiger partial charge on any atom is -0.481 e. The molecule has 0 spiro atoms. The summed E-state index contributed by atoms with van der Waals surface area (Å²) in [5.74, 6) is -0.817. The second-order valence-electron chi connectivity index (χ2n) is 3.22. The summed E-state index contributed by atoms with van der Waals surface area (Å²) in [5, 5.41) is 8.36. The Balaban J connectivity index is 2.00. The molecule has 0 saturated carbocycles. The summed E-state index contributed by atoms with van der Waals surface area (Å²) in [6.07, 6.45) is 5.46. The van der Waals surface area contributed by atoms with Gasteiger partial charge in [0.2, 0.25) is 0 Å². The summed E-state index contributed by atoms with van der Waals surface area (Å²) in [4.78, 5) is 14.2. The summed E-state index contributed by atoms with van der Waals surface area (Å²) >= 11 is 0. The highest BCUT2D eigenvalue weighted by molar-refractivity contribution is 5.66. The first-order chi connectivity index (χ1) is 7.29. The summed E-state index contributed by atoms with van der Waals surface area (Å²) in [7, 11) is 0. The Bertz CT molecular complexity index is 287. The Kier molecular flexibility index (Phi) is 5.40. The number of aryl methyl sites for hydroxylation is 1. The third-order valence-corrected chi connectivity index (χ3v) is 1.94. The Hall–Kier alpha value is -1.42. The number of carboxylic acids is 1. The van der Waals surface area contributed by atoms with Gasteiger partial charge in [-0.05, 0) is 24.5 Å². The lowest BCUT2D eigenvalue weighted by molar-refractivity contribution is -0.138. The average molecular weight is 209 g/mol. The molecular weight excluding hydrogens is 194 g/mol. The van der Waals surface area contributed by atoms with E-state index < -0.39 is 5.97 Å². The molecule has 0 atom stereocenters. The fourth-order valence-electron chi connectivity index (χ4n) is 1.19. The summed E-state index contributed by atoms with van der Waals surface area (Å²) in [6, 6.07) is 3.92. The fourth-order valence-corrected chi connectivity index (χ4v) is 1.19. The van der Waals surface area contributed by atoms with Gasteiger partial charge in [0.05, 0.1) is 13.0 Å². The Morgan fingerprint density at radius 1 is 1.47 bits per heavy atom. The van der Waals surface area contributed by atoms with Crippen molar-refractivity contribution in [3.8, 4) is 0 Å². The van der Waals surface area contributed by atoms with Crippen LogP contribution in [0.1, 0.15) is 18.4 Å². The number of carbonyl (C=O) groups is 1. The number of aromatic nitrogens is 1. The van der Waals surface area contributed by atoms with Crippen molar-refractivity contribution in [1.29, 1.82) is 0 Å². The van der Waals surface area contributed by atoms with Gasteiger partial charge in [-0.3, -0.25) is 9.78 Å². The van der Waals surface area contributed by atoms with E-state index in [2.05, 4.69) is 4.98 Å². The molecule has 0 saturated heterocycles. The Labute approximate surface area is 88.9 Å². The molecule has 82 valence electrons. The smallest absolute Gasteiger partial charge is 0.305 e. The third kappa shape index (κ3) is 5.80. The van der Waals surface area contributed by atoms with E-state index in [1.165, 1.54) is 5.56 Å². The molecule has 0 aliphatic rings. The summed E-state index contributed by atoms with van der Waals surface area (Å²) in [5.41, 5.74) is 1.18. The molecule has 0 fully saturated rings. The normalized spacial score (nSPS) is 10.1. The number of nitrogens with zero attached hydrogens (tertiary/aromatic N) is 1. The van der Waals surface area contributed by atoms with Crippen LogP contribution in [-0.2, 0) is 16.0 Å². The molecule has 1 N–H and O–H groups in total. The van der Waals surface area contributed by atoms with Crippen molar-refractivity contribution in [1.82, 2.24) is 4.98 Å². The van der Waals surface area contributed by atoms with E-state index in [-0.39, 0.29) is 6.42 Å². The molecule has 0 bridgehead atoms. The summed E-state index contributed by atoms with van der Waals surface area (Å²) < 4.78 is 5.16. The standard InChI is InChI=1S/C11H15NO3/c13-11(14)5-8-15-7-2-4-10-3-1-6-12-9-10/h1,3,6,9H,2,4-5,7-8H2,(H,13,14). The molecule has 1 rings (SSSR count). The predicted molar refractivity (Wildman–Crippen MR) is 55.6 cm³/mol. The first-order valence-electron chi connectivity index (χ1n) is 4.97. The van der Waals surface area contributed by atoms with Gasteiger partial charge < -0.3 is 9.84 Å². The van der Waals surface area contributed by atoms with Gasteiger partial charge in [-0.1, -0.05) is 6.07 Å². The van der Waals surface area contributed by atoms with E-state index in [0.717, 1.165) is 12.8 Å². The lowest BCUT2D eigenvalue weighted by Gasteiger charge is -2.02. The maximum absolute atomic E-state index is 10.2. The maximum atomic E-state index is 10.2. The number of hydrogen-bond donors (Lipinski definition) is 1. The molecule has 4 heteroatoms. The molecule has 0 amide bonds. The van der Waals surface area contributed by atoms with Crippen LogP contribution in [0.2, 0.25) is 0 Å². The molecule has 4 nitrogen and oxygen atoms in total. The monoisotopic (exact) mass is 209 g/mol. The van der Waals surface area contributed by atoms with Crippen molar-refractivity contribution in [2.75, 3.05) is 13.2 Å². The van der Waals surface area contributed by atoms with E-state index >= 15 is 0 Å². The lowest BCUT2D eigenvalue weighted by Crippen LogP contribution is -2.04. The van der Waals surface area contributed by atoms with Crippen LogP contribution in [0.3, 0.4) is 0 Å². The number of hydrogen-bond acceptors (Lipinski definition) is 3.